The topological polar surface area (TPSA) is 112 Å². The Morgan fingerprint density at radius 3 is 2.83 bits per heavy atom. The smallest absolute Gasteiger partial charge is 0.273 e. The van der Waals surface area contributed by atoms with Crippen molar-refractivity contribution in [2.75, 3.05) is 11.6 Å². The predicted molar refractivity (Wildman–Crippen MR) is 65.8 cm³/mol. The van der Waals surface area contributed by atoms with E-state index in [1.807, 2.05) is 0 Å². The van der Waals surface area contributed by atoms with Crippen molar-refractivity contribution < 1.29 is 9.00 Å². The normalized spacial score (nSPS) is 13.8. The molecular weight excluding hydrogens is 254 g/mol. The first-order chi connectivity index (χ1) is 8.47. The third-order valence-corrected chi connectivity index (χ3v) is 3.16. The Bertz CT molecular complexity index is 663. The van der Waals surface area contributed by atoms with Gasteiger partial charge < -0.3 is 5.32 Å². The zero-order valence-electron chi connectivity index (χ0n) is 9.51. The quantitative estimate of drug-likeness (QED) is 0.771. The van der Waals surface area contributed by atoms with Gasteiger partial charge >= 0.3 is 0 Å². The van der Waals surface area contributed by atoms with Crippen LogP contribution in [0.4, 0.5) is 5.69 Å². The fraction of sp³-hybridized carbons (Fsp3) is 0.100. The van der Waals surface area contributed by atoms with Crippen molar-refractivity contribution >= 4 is 21.3 Å². The van der Waals surface area contributed by atoms with Gasteiger partial charge in [-0.15, -0.1) is 0 Å². The van der Waals surface area contributed by atoms with Crippen LogP contribution in [0.15, 0.2) is 35.6 Å². The van der Waals surface area contributed by atoms with Crippen molar-refractivity contribution in [3.63, 3.8) is 0 Å². The van der Waals surface area contributed by atoms with Crippen molar-refractivity contribution in [2.45, 2.75) is 5.03 Å². The molecule has 7 nitrogen and oxygen atoms in total. The Kier molecular flexibility index (Phi) is 3.11. The lowest BCUT2D eigenvalue weighted by Gasteiger charge is -2.05. The van der Waals surface area contributed by atoms with Gasteiger partial charge in [-0.05, 0) is 18.2 Å². The second-order valence-corrected chi connectivity index (χ2v) is 5.76. The molecule has 0 saturated carbocycles. The zero-order valence-corrected chi connectivity index (χ0v) is 10.3. The monoisotopic (exact) mass is 265 g/mol. The lowest BCUT2D eigenvalue weighted by atomic mass is 10.3. The molecule has 1 unspecified atom stereocenters. The van der Waals surface area contributed by atoms with Crippen LogP contribution in [-0.4, -0.2) is 31.6 Å². The SMILES string of the molecule is CS(=N)(=O)c1cc(NC(=O)c2ccn[nH]2)ccn1. The van der Waals surface area contributed by atoms with E-state index < -0.39 is 9.73 Å². The molecule has 2 aromatic heterocycles. The number of rotatable bonds is 3. The lowest BCUT2D eigenvalue weighted by molar-refractivity contribution is 0.102. The summed E-state index contributed by atoms with van der Waals surface area (Å²) in [5.74, 6) is -0.364. The van der Waals surface area contributed by atoms with Crippen molar-refractivity contribution in [1.29, 1.82) is 4.78 Å². The lowest BCUT2D eigenvalue weighted by Crippen LogP contribution is -2.13. The fourth-order valence-corrected chi connectivity index (χ4v) is 1.89. The summed E-state index contributed by atoms with van der Waals surface area (Å²) in [6.45, 7) is 0. The number of nitrogens with zero attached hydrogens (tertiary/aromatic N) is 2. The summed E-state index contributed by atoms with van der Waals surface area (Å²) >= 11 is 0. The number of carbonyl (C=O) groups excluding carboxylic acids is 1. The summed E-state index contributed by atoms with van der Waals surface area (Å²) in [5, 5.41) is 8.93. The molecule has 0 aromatic carbocycles. The van der Waals surface area contributed by atoms with Gasteiger partial charge in [0.1, 0.15) is 10.7 Å². The van der Waals surface area contributed by atoms with Crippen LogP contribution in [0.5, 0.6) is 0 Å². The molecule has 2 heterocycles. The van der Waals surface area contributed by atoms with Gasteiger partial charge in [-0.1, -0.05) is 0 Å². The molecule has 0 spiro atoms. The van der Waals surface area contributed by atoms with E-state index in [-0.39, 0.29) is 10.9 Å². The highest BCUT2D eigenvalue weighted by Crippen LogP contribution is 2.13. The molecule has 0 bridgehead atoms. The summed E-state index contributed by atoms with van der Waals surface area (Å²) in [5.41, 5.74) is 0.748. The maximum Gasteiger partial charge on any atom is 0.273 e. The van der Waals surface area contributed by atoms with Gasteiger partial charge in [0.2, 0.25) is 0 Å². The molecule has 3 N–H and O–H groups in total. The highest BCUT2D eigenvalue weighted by Gasteiger charge is 2.10. The number of anilines is 1. The first-order valence-electron chi connectivity index (χ1n) is 4.97. The number of aromatic amines is 1. The van der Waals surface area contributed by atoms with Crippen LogP contribution < -0.4 is 5.32 Å². The van der Waals surface area contributed by atoms with E-state index in [1.54, 1.807) is 6.07 Å². The molecular formula is C10H11N5O2S. The van der Waals surface area contributed by atoms with Crippen LogP contribution >= 0.6 is 0 Å². The summed E-state index contributed by atoms with van der Waals surface area (Å²) in [4.78, 5) is 15.6. The van der Waals surface area contributed by atoms with Gasteiger partial charge in [-0.2, -0.15) is 5.10 Å². The largest absolute Gasteiger partial charge is 0.321 e. The summed E-state index contributed by atoms with van der Waals surface area (Å²) < 4.78 is 19.0. The molecule has 1 amide bonds. The molecule has 2 rings (SSSR count). The van der Waals surface area contributed by atoms with E-state index >= 15 is 0 Å². The predicted octanol–water partition coefficient (Wildman–Crippen LogP) is 1.09. The van der Waals surface area contributed by atoms with E-state index in [0.717, 1.165) is 0 Å². The van der Waals surface area contributed by atoms with Gasteiger partial charge in [0, 0.05) is 24.3 Å². The number of H-pyrrole nitrogens is 1. The second-order valence-electron chi connectivity index (χ2n) is 3.65. The van der Waals surface area contributed by atoms with Crippen LogP contribution in [0.25, 0.3) is 0 Å². The Balaban J connectivity index is 2.23. The number of amides is 1. The third kappa shape index (κ3) is 2.72. The summed E-state index contributed by atoms with van der Waals surface area (Å²) in [6, 6.07) is 4.51. The number of aromatic nitrogens is 3. The molecule has 0 radical (unpaired) electrons. The first-order valence-corrected chi connectivity index (χ1v) is 6.94. The summed E-state index contributed by atoms with van der Waals surface area (Å²) in [6.07, 6.45) is 4.14. The standard InChI is InChI=1S/C10H11N5O2S/c1-18(11,17)9-6-7(2-4-12-9)14-10(16)8-3-5-13-15-8/h2-6,11H,1H3,(H,13,15)(H,12,14,16). The number of nitrogens with one attached hydrogen (secondary N) is 3. The average Bonchev–Trinajstić information content (AvgIpc) is 2.81. The van der Waals surface area contributed by atoms with Gasteiger partial charge in [0.25, 0.3) is 5.91 Å². The Labute approximate surface area is 104 Å². The minimum Gasteiger partial charge on any atom is -0.321 e. The molecule has 0 saturated heterocycles. The first kappa shape index (κ1) is 12.2. The minimum atomic E-state index is -2.90. The minimum absolute atomic E-state index is 0.130. The third-order valence-electron chi connectivity index (χ3n) is 2.14. The van der Waals surface area contributed by atoms with E-state index in [4.69, 9.17) is 4.78 Å². The van der Waals surface area contributed by atoms with E-state index in [1.165, 1.54) is 30.8 Å². The summed E-state index contributed by atoms with van der Waals surface area (Å²) in [7, 11) is -2.90. The Morgan fingerprint density at radius 1 is 1.44 bits per heavy atom. The number of hydrogen-bond acceptors (Lipinski definition) is 5. The molecule has 94 valence electrons. The number of carbonyl (C=O) groups is 1. The van der Waals surface area contributed by atoms with Crippen LogP contribution in [0.1, 0.15) is 10.5 Å². The molecule has 0 fully saturated rings. The van der Waals surface area contributed by atoms with Gasteiger partial charge in [0.05, 0.1) is 9.73 Å². The van der Waals surface area contributed by atoms with E-state index in [2.05, 4.69) is 20.5 Å². The average molecular weight is 265 g/mol. The maximum absolute atomic E-state index is 11.7. The van der Waals surface area contributed by atoms with Crippen molar-refractivity contribution in [1.82, 2.24) is 15.2 Å². The van der Waals surface area contributed by atoms with Crippen LogP contribution in [0.3, 0.4) is 0 Å². The van der Waals surface area contributed by atoms with Crippen molar-refractivity contribution in [3.8, 4) is 0 Å². The van der Waals surface area contributed by atoms with Gasteiger partial charge in [-0.25, -0.2) is 14.0 Å². The molecule has 8 heteroatoms. The molecule has 0 aliphatic rings. The fourth-order valence-electron chi connectivity index (χ4n) is 1.28. The Hall–Kier alpha value is -2.22. The molecule has 18 heavy (non-hydrogen) atoms. The van der Waals surface area contributed by atoms with E-state index in [9.17, 15) is 9.00 Å². The van der Waals surface area contributed by atoms with Gasteiger partial charge in [-0.3, -0.25) is 9.89 Å². The zero-order chi connectivity index (χ0) is 13.2. The highest BCUT2D eigenvalue weighted by atomic mass is 32.2. The van der Waals surface area contributed by atoms with Crippen molar-refractivity contribution in [2.24, 2.45) is 0 Å². The van der Waals surface area contributed by atoms with Crippen LogP contribution in [-0.2, 0) is 9.73 Å². The van der Waals surface area contributed by atoms with Gasteiger partial charge in [0.15, 0.2) is 0 Å². The Morgan fingerprint density at radius 2 is 2.22 bits per heavy atom. The van der Waals surface area contributed by atoms with Crippen molar-refractivity contribution in [3.05, 3.63) is 36.3 Å². The second kappa shape index (κ2) is 4.57. The van der Waals surface area contributed by atoms with E-state index in [0.29, 0.717) is 11.4 Å². The molecule has 0 aliphatic heterocycles. The number of pyridine rings is 1. The molecule has 2 aromatic rings. The van der Waals surface area contributed by atoms with Crippen LogP contribution in [0.2, 0.25) is 0 Å². The number of hydrogen-bond donors (Lipinski definition) is 3. The molecule has 0 aliphatic carbocycles. The molecule has 1 atom stereocenters. The van der Waals surface area contributed by atoms with Crippen LogP contribution in [0, 0.1) is 4.78 Å². The highest BCUT2D eigenvalue weighted by molar-refractivity contribution is 7.91. The maximum atomic E-state index is 11.7.